The van der Waals surface area contributed by atoms with Crippen LogP contribution < -0.4 is 10.6 Å². The Kier molecular flexibility index (Phi) is 5.90. The Morgan fingerprint density at radius 3 is 2.78 bits per heavy atom. The molecular formula is C19H20BrClN2. The van der Waals surface area contributed by atoms with E-state index >= 15 is 0 Å². The van der Waals surface area contributed by atoms with E-state index in [2.05, 4.69) is 63.0 Å². The van der Waals surface area contributed by atoms with Crippen molar-refractivity contribution in [3.8, 4) is 0 Å². The normalized spacial score (nSPS) is 15.0. The molecule has 2 aromatic rings. The third-order valence-electron chi connectivity index (χ3n) is 4.00. The first-order valence-electron chi connectivity index (χ1n) is 7.84. The highest BCUT2D eigenvalue weighted by Gasteiger charge is 2.15. The summed E-state index contributed by atoms with van der Waals surface area (Å²) < 4.78 is 1.01. The molecule has 0 bridgehead atoms. The fourth-order valence-corrected chi connectivity index (χ4v) is 3.36. The van der Waals surface area contributed by atoms with Gasteiger partial charge in [0.1, 0.15) is 0 Å². The van der Waals surface area contributed by atoms with Crippen LogP contribution in [0.1, 0.15) is 16.7 Å². The summed E-state index contributed by atoms with van der Waals surface area (Å²) in [6, 6.07) is 14.5. The Balaban J connectivity index is 1.60. The largest absolute Gasteiger partial charge is 0.316 e. The number of rotatable bonds is 6. The van der Waals surface area contributed by atoms with Gasteiger partial charge < -0.3 is 10.6 Å². The predicted molar refractivity (Wildman–Crippen MR) is 103 cm³/mol. The predicted octanol–water partition coefficient (Wildman–Crippen LogP) is 4.58. The molecule has 4 heteroatoms. The van der Waals surface area contributed by atoms with Gasteiger partial charge in [0.2, 0.25) is 0 Å². The van der Waals surface area contributed by atoms with E-state index in [9.17, 15) is 0 Å². The molecule has 0 amide bonds. The Morgan fingerprint density at radius 1 is 1.17 bits per heavy atom. The lowest BCUT2D eigenvalue weighted by molar-refractivity contribution is 0.331. The van der Waals surface area contributed by atoms with Gasteiger partial charge in [-0.3, -0.25) is 0 Å². The molecule has 0 aliphatic carbocycles. The zero-order chi connectivity index (χ0) is 16.1. The second-order valence-corrected chi connectivity index (χ2v) is 7.19. The maximum atomic E-state index is 5.98. The fourth-order valence-electron chi connectivity index (χ4n) is 2.54. The van der Waals surface area contributed by atoms with Gasteiger partial charge in [-0.05, 0) is 34.7 Å². The molecule has 2 nitrogen and oxygen atoms in total. The van der Waals surface area contributed by atoms with Crippen molar-refractivity contribution in [3.05, 3.63) is 68.7 Å². The molecule has 1 saturated heterocycles. The molecule has 0 unspecified atom stereocenters. The molecule has 1 heterocycles. The fraction of sp³-hybridized carbons (Fsp3) is 0.263. The van der Waals surface area contributed by atoms with Crippen molar-refractivity contribution in [3.63, 3.8) is 0 Å². The molecule has 120 valence electrons. The minimum atomic E-state index is 0.740. The van der Waals surface area contributed by atoms with Crippen LogP contribution >= 0.6 is 27.5 Å². The van der Waals surface area contributed by atoms with Crippen LogP contribution in [0.2, 0.25) is 5.02 Å². The third kappa shape index (κ3) is 4.92. The van der Waals surface area contributed by atoms with Gasteiger partial charge in [0.05, 0.1) is 0 Å². The maximum absolute atomic E-state index is 5.98. The quantitative estimate of drug-likeness (QED) is 0.704. The maximum Gasteiger partial charge on any atom is 0.0417 e. The van der Waals surface area contributed by atoms with Gasteiger partial charge >= 0.3 is 0 Å². The smallest absolute Gasteiger partial charge is 0.0417 e. The molecule has 3 rings (SSSR count). The van der Waals surface area contributed by atoms with E-state index in [1.54, 1.807) is 0 Å². The molecular weight excluding hydrogens is 372 g/mol. The van der Waals surface area contributed by atoms with Crippen molar-refractivity contribution in [1.82, 2.24) is 10.6 Å². The van der Waals surface area contributed by atoms with Crippen LogP contribution in [0, 0.1) is 5.92 Å². The number of hydrogen-bond donors (Lipinski definition) is 2. The standard InChI is InChI=1S/C19H20BrClN2/c20-19-9-18(21)7-6-17(19)5-4-14-2-1-3-15(8-14)10-22-11-16-12-23-13-16/h1-9,16,22-23H,10-13H2/b5-4+. The van der Waals surface area contributed by atoms with E-state index in [1.165, 1.54) is 11.1 Å². The van der Waals surface area contributed by atoms with E-state index in [1.807, 2.05) is 18.2 Å². The summed E-state index contributed by atoms with van der Waals surface area (Å²) in [5.74, 6) is 0.792. The summed E-state index contributed by atoms with van der Waals surface area (Å²) in [4.78, 5) is 0. The third-order valence-corrected chi connectivity index (χ3v) is 4.92. The van der Waals surface area contributed by atoms with Gasteiger partial charge in [-0.15, -0.1) is 0 Å². The van der Waals surface area contributed by atoms with Crippen molar-refractivity contribution >= 4 is 39.7 Å². The lowest BCUT2D eigenvalue weighted by atomic mass is 10.0. The molecule has 0 aromatic heterocycles. The van der Waals surface area contributed by atoms with Crippen molar-refractivity contribution in [2.45, 2.75) is 6.54 Å². The number of halogens is 2. The van der Waals surface area contributed by atoms with E-state index in [-0.39, 0.29) is 0 Å². The molecule has 2 N–H and O–H groups in total. The minimum Gasteiger partial charge on any atom is -0.316 e. The molecule has 2 aromatic carbocycles. The Morgan fingerprint density at radius 2 is 2.04 bits per heavy atom. The van der Waals surface area contributed by atoms with E-state index in [0.717, 1.165) is 47.2 Å². The van der Waals surface area contributed by atoms with Crippen molar-refractivity contribution in [2.24, 2.45) is 5.92 Å². The summed E-state index contributed by atoms with van der Waals surface area (Å²) in [6.07, 6.45) is 4.24. The van der Waals surface area contributed by atoms with Gasteiger partial charge in [0.25, 0.3) is 0 Å². The number of benzene rings is 2. The van der Waals surface area contributed by atoms with Crippen LogP contribution in [0.25, 0.3) is 12.2 Å². The molecule has 0 atom stereocenters. The molecule has 1 fully saturated rings. The Bertz CT molecular complexity index is 696. The second-order valence-electron chi connectivity index (χ2n) is 5.90. The van der Waals surface area contributed by atoms with Crippen LogP contribution in [0.5, 0.6) is 0 Å². The zero-order valence-electron chi connectivity index (χ0n) is 12.9. The SMILES string of the molecule is Clc1ccc(/C=C/c2cccc(CNCC3CNC3)c2)c(Br)c1. The lowest BCUT2D eigenvalue weighted by Crippen LogP contribution is -2.47. The highest BCUT2D eigenvalue weighted by Crippen LogP contribution is 2.23. The summed E-state index contributed by atoms with van der Waals surface area (Å²) in [5.41, 5.74) is 3.64. The second kappa shape index (κ2) is 8.11. The number of nitrogens with one attached hydrogen (secondary N) is 2. The highest BCUT2D eigenvalue weighted by atomic mass is 79.9. The van der Waals surface area contributed by atoms with E-state index in [0.29, 0.717) is 0 Å². The first-order valence-corrected chi connectivity index (χ1v) is 9.01. The first kappa shape index (κ1) is 16.7. The van der Waals surface area contributed by atoms with Crippen molar-refractivity contribution in [2.75, 3.05) is 19.6 Å². The van der Waals surface area contributed by atoms with E-state index in [4.69, 9.17) is 11.6 Å². The molecule has 0 radical (unpaired) electrons. The highest BCUT2D eigenvalue weighted by molar-refractivity contribution is 9.10. The number of hydrogen-bond acceptors (Lipinski definition) is 2. The van der Waals surface area contributed by atoms with Gasteiger partial charge in [-0.1, -0.05) is 70.0 Å². The van der Waals surface area contributed by atoms with Crippen molar-refractivity contribution in [1.29, 1.82) is 0 Å². The summed E-state index contributed by atoms with van der Waals surface area (Å²) >= 11 is 9.52. The summed E-state index contributed by atoms with van der Waals surface area (Å²) in [5, 5.41) is 7.57. The van der Waals surface area contributed by atoms with Gasteiger partial charge in [-0.2, -0.15) is 0 Å². The monoisotopic (exact) mass is 390 g/mol. The van der Waals surface area contributed by atoms with Crippen LogP contribution in [-0.4, -0.2) is 19.6 Å². The van der Waals surface area contributed by atoms with Crippen LogP contribution in [0.15, 0.2) is 46.9 Å². The average Bonchev–Trinajstić information content (AvgIpc) is 2.49. The topological polar surface area (TPSA) is 24.1 Å². The van der Waals surface area contributed by atoms with Gasteiger partial charge in [0.15, 0.2) is 0 Å². The lowest BCUT2D eigenvalue weighted by Gasteiger charge is -2.27. The van der Waals surface area contributed by atoms with Crippen LogP contribution in [0.4, 0.5) is 0 Å². The molecule has 1 aliphatic rings. The van der Waals surface area contributed by atoms with Crippen molar-refractivity contribution < 1.29 is 0 Å². The van der Waals surface area contributed by atoms with Gasteiger partial charge in [0, 0.05) is 35.7 Å². The summed E-state index contributed by atoms with van der Waals surface area (Å²) in [7, 11) is 0. The Labute approximate surface area is 151 Å². The molecule has 0 spiro atoms. The van der Waals surface area contributed by atoms with Crippen LogP contribution in [-0.2, 0) is 6.54 Å². The van der Waals surface area contributed by atoms with E-state index < -0.39 is 0 Å². The zero-order valence-corrected chi connectivity index (χ0v) is 15.2. The Hall–Kier alpha value is -1.13. The van der Waals surface area contributed by atoms with Gasteiger partial charge in [-0.25, -0.2) is 0 Å². The van der Waals surface area contributed by atoms with Crippen LogP contribution in [0.3, 0.4) is 0 Å². The molecule has 23 heavy (non-hydrogen) atoms. The average molecular weight is 392 g/mol. The molecule has 1 aliphatic heterocycles. The first-order chi connectivity index (χ1) is 11.2. The minimum absolute atomic E-state index is 0.740. The molecule has 0 saturated carbocycles. The summed E-state index contributed by atoms with van der Waals surface area (Å²) in [6.45, 7) is 4.30.